The summed E-state index contributed by atoms with van der Waals surface area (Å²) in [6, 6.07) is 4.08. The number of nitrogens with zero attached hydrogens (tertiary/aromatic N) is 2. The first-order valence-electron chi connectivity index (χ1n) is 8.60. The molecule has 1 aromatic rings. The van der Waals surface area contributed by atoms with Gasteiger partial charge < -0.3 is 14.2 Å². The minimum Gasteiger partial charge on any atom is -0.481 e. The Morgan fingerprint density at radius 2 is 2.17 bits per heavy atom. The molecule has 1 spiro atoms. The van der Waals surface area contributed by atoms with Crippen molar-refractivity contribution in [2.75, 3.05) is 40.5 Å². The van der Waals surface area contributed by atoms with Crippen LogP contribution >= 0.6 is 0 Å². The number of hydrogen-bond acceptors (Lipinski definition) is 5. The maximum absolute atomic E-state index is 6.22. The summed E-state index contributed by atoms with van der Waals surface area (Å²) in [6.07, 6.45) is 6.31. The number of aromatic nitrogens is 1. The second-order valence-corrected chi connectivity index (χ2v) is 6.63. The highest BCUT2D eigenvalue weighted by atomic mass is 16.5. The third-order valence-electron chi connectivity index (χ3n) is 5.41. The molecule has 2 fully saturated rings. The van der Waals surface area contributed by atoms with E-state index in [2.05, 4.69) is 16.0 Å². The summed E-state index contributed by atoms with van der Waals surface area (Å²) in [5.74, 6) is 1.39. The Morgan fingerprint density at radius 1 is 1.35 bits per heavy atom. The maximum atomic E-state index is 6.22. The van der Waals surface area contributed by atoms with Gasteiger partial charge in [0.2, 0.25) is 5.88 Å². The average molecular weight is 320 g/mol. The quantitative estimate of drug-likeness (QED) is 0.806. The van der Waals surface area contributed by atoms with Gasteiger partial charge in [-0.15, -0.1) is 0 Å². The van der Waals surface area contributed by atoms with E-state index in [1.165, 1.54) is 6.42 Å². The van der Waals surface area contributed by atoms with Crippen molar-refractivity contribution in [3.63, 3.8) is 0 Å². The van der Waals surface area contributed by atoms with E-state index >= 15 is 0 Å². The van der Waals surface area contributed by atoms with Gasteiger partial charge in [-0.1, -0.05) is 6.07 Å². The Hall–Kier alpha value is -1.17. The van der Waals surface area contributed by atoms with Crippen molar-refractivity contribution in [2.24, 2.45) is 5.92 Å². The number of likely N-dealkylation sites (tertiary alicyclic amines) is 1. The minimum atomic E-state index is 0.0913. The molecule has 5 nitrogen and oxygen atoms in total. The summed E-state index contributed by atoms with van der Waals surface area (Å²) in [5, 5.41) is 0. The number of hydrogen-bond donors (Lipinski definition) is 0. The Bertz CT molecular complexity index is 501. The van der Waals surface area contributed by atoms with Gasteiger partial charge in [-0.2, -0.15) is 0 Å². The summed E-state index contributed by atoms with van der Waals surface area (Å²) in [4.78, 5) is 6.78. The molecule has 0 bridgehead atoms. The summed E-state index contributed by atoms with van der Waals surface area (Å²) in [5.41, 5.74) is 1.25. The second kappa shape index (κ2) is 7.60. The van der Waals surface area contributed by atoms with Crippen LogP contribution in [-0.2, 0) is 16.0 Å². The zero-order chi connectivity index (χ0) is 16.1. The molecule has 0 aromatic carbocycles. The van der Waals surface area contributed by atoms with Crippen molar-refractivity contribution in [1.82, 2.24) is 9.88 Å². The largest absolute Gasteiger partial charge is 0.481 e. The smallest absolute Gasteiger partial charge is 0.217 e. The van der Waals surface area contributed by atoms with Gasteiger partial charge in [-0.3, -0.25) is 4.90 Å². The van der Waals surface area contributed by atoms with Gasteiger partial charge >= 0.3 is 0 Å². The van der Waals surface area contributed by atoms with Crippen LogP contribution < -0.4 is 4.74 Å². The Balaban J connectivity index is 1.57. The lowest BCUT2D eigenvalue weighted by molar-refractivity contribution is -0.0721. The molecular formula is C18H28N2O3. The lowest BCUT2D eigenvalue weighted by Crippen LogP contribution is -2.47. The van der Waals surface area contributed by atoms with Crippen LogP contribution in [0.25, 0.3) is 0 Å². The second-order valence-electron chi connectivity index (χ2n) is 6.63. The molecule has 1 atom stereocenters. The van der Waals surface area contributed by atoms with Crippen molar-refractivity contribution in [1.29, 1.82) is 0 Å². The highest BCUT2D eigenvalue weighted by molar-refractivity contribution is 5.25. The zero-order valence-corrected chi connectivity index (χ0v) is 14.3. The topological polar surface area (TPSA) is 43.8 Å². The fourth-order valence-corrected chi connectivity index (χ4v) is 4.06. The standard InChI is InChI=1S/C18H28N2O3/c1-21-12-5-16-6-13-23-18(16)7-10-20(11-8-18)14-15-4-3-9-19-17(15)22-2/h3-4,9,16H,5-8,10-14H2,1-2H3/t16-/m0/s1. The molecule has 3 heterocycles. The summed E-state index contributed by atoms with van der Waals surface area (Å²) in [6.45, 7) is 4.79. The predicted molar refractivity (Wildman–Crippen MR) is 88.6 cm³/mol. The zero-order valence-electron chi connectivity index (χ0n) is 14.3. The molecule has 2 aliphatic rings. The first-order chi connectivity index (χ1) is 11.3. The Labute approximate surface area is 138 Å². The summed E-state index contributed by atoms with van der Waals surface area (Å²) >= 11 is 0. The molecule has 0 unspecified atom stereocenters. The first-order valence-corrected chi connectivity index (χ1v) is 8.60. The van der Waals surface area contributed by atoms with Gasteiger partial charge in [0.05, 0.1) is 12.7 Å². The minimum absolute atomic E-state index is 0.0913. The molecule has 23 heavy (non-hydrogen) atoms. The molecule has 0 aliphatic carbocycles. The highest BCUT2D eigenvalue weighted by Gasteiger charge is 2.45. The van der Waals surface area contributed by atoms with Gasteiger partial charge in [-0.05, 0) is 37.7 Å². The number of rotatable bonds is 6. The van der Waals surface area contributed by atoms with Crippen LogP contribution in [0.3, 0.4) is 0 Å². The van der Waals surface area contributed by atoms with E-state index in [0.29, 0.717) is 5.92 Å². The third kappa shape index (κ3) is 3.67. The van der Waals surface area contributed by atoms with Crippen molar-refractivity contribution in [2.45, 2.75) is 37.8 Å². The van der Waals surface area contributed by atoms with E-state index < -0.39 is 0 Å². The fraction of sp³-hybridized carbons (Fsp3) is 0.722. The summed E-state index contributed by atoms with van der Waals surface area (Å²) in [7, 11) is 3.47. The molecule has 0 amide bonds. The van der Waals surface area contributed by atoms with Crippen molar-refractivity contribution in [3.8, 4) is 5.88 Å². The normalized spacial score (nSPS) is 24.2. The van der Waals surface area contributed by atoms with Gasteiger partial charge in [0.25, 0.3) is 0 Å². The molecule has 0 saturated carbocycles. The van der Waals surface area contributed by atoms with E-state index in [-0.39, 0.29) is 5.60 Å². The number of piperidine rings is 1. The number of pyridine rings is 1. The van der Waals surface area contributed by atoms with Crippen molar-refractivity contribution in [3.05, 3.63) is 23.9 Å². The number of methoxy groups -OCH3 is 2. The van der Waals surface area contributed by atoms with Crippen LogP contribution in [0.2, 0.25) is 0 Å². The molecular weight excluding hydrogens is 292 g/mol. The monoisotopic (exact) mass is 320 g/mol. The first kappa shape index (κ1) is 16.7. The van der Waals surface area contributed by atoms with Crippen LogP contribution in [0.15, 0.2) is 18.3 Å². The van der Waals surface area contributed by atoms with Crippen molar-refractivity contribution < 1.29 is 14.2 Å². The van der Waals surface area contributed by atoms with Gasteiger partial charge in [0.15, 0.2) is 0 Å². The van der Waals surface area contributed by atoms with Crippen LogP contribution in [-0.4, -0.2) is 56.0 Å². The molecule has 1 aromatic heterocycles. The molecule has 2 saturated heterocycles. The Morgan fingerprint density at radius 3 is 2.91 bits per heavy atom. The lowest BCUT2D eigenvalue weighted by Gasteiger charge is -2.42. The summed E-state index contributed by atoms with van der Waals surface area (Å²) < 4.78 is 16.9. The van der Waals surface area contributed by atoms with Gasteiger partial charge in [0.1, 0.15) is 0 Å². The fourth-order valence-electron chi connectivity index (χ4n) is 4.06. The third-order valence-corrected chi connectivity index (χ3v) is 5.41. The highest BCUT2D eigenvalue weighted by Crippen LogP contribution is 2.42. The SMILES string of the molecule is COCC[C@H]1CCOC12CCN(Cc1cccnc1OC)CC2. The van der Waals surface area contributed by atoms with E-state index in [9.17, 15) is 0 Å². The average Bonchev–Trinajstić information content (AvgIpc) is 2.98. The van der Waals surface area contributed by atoms with Crippen LogP contribution in [0.1, 0.15) is 31.2 Å². The number of ether oxygens (including phenoxy) is 3. The molecule has 0 radical (unpaired) electrons. The molecule has 3 rings (SSSR count). The molecule has 2 aliphatic heterocycles. The van der Waals surface area contributed by atoms with Crippen LogP contribution in [0, 0.1) is 5.92 Å². The molecule has 0 N–H and O–H groups in total. The van der Waals surface area contributed by atoms with Gasteiger partial charge in [-0.25, -0.2) is 4.98 Å². The maximum Gasteiger partial charge on any atom is 0.217 e. The van der Waals surface area contributed by atoms with E-state index in [1.807, 2.05) is 6.07 Å². The van der Waals surface area contributed by atoms with E-state index in [1.54, 1.807) is 20.4 Å². The predicted octanol–water partition coefficient (Wildman–Crippen LogP) is 2.50. The lowest BCUT2D eigenvalue weighted by atomic mass is 9.78. The van der Waals surface area contributed by atoms with E-state index in [4.69, 9.17) is 14.2 Å². The van der Waals surface area contributed by atoms with Crippen LogP contribution in [0.4, 0.5) is 0 Å². The van der Waals surface area contributed by atoms with Crippen LogP contribution in [0.5, 0.6) is 5.88 Å². The van der Waals surface area contributed by atoms with Gasteiger partial charge in [0, 0.05) is 51.7 Å². The van der Waals surface area contributed by atoms with E-state index in [0.717, 1.165) is 63.6 Å². The van der Waals surface area contributed by atoms with Crippen molar-refractivity contribution >= 4 is 0 Å². The molecule has 5 heteroatoms. The Kier molecular flexibility index (Phi) is 5.51. The molecule has 128 valence electrons.